The van der Waals surface area contributed by atoms with E-state index < -0.39 is 0 Å². The summed E-state index contributed by atoms with van der Waals surface area (Å²) in [6.07, 6.45) is 9.12. The van der Waals surface area contributed by atoms with Crippen LogP contribution in [0.2, 0.25) is 5.02 Å². The zero-order chi connectivity index (χ0) is 13.7. The van der Waals surface area contributed by atoms with E-state index in [1.54, 1.807) is 0 Å². The van der Waals surface area contributed by atoms with Gasteiger partial charge in [-0.1, -0.05) is 55.9 Å². The molecule has 19 heavy (non-hydrogen) atoms. The first-order valence-corrected chi connectivity index (χ1v) is 7.81. The lowest BCUT2D eigenvalue weighted by atomic mass is 9.96. The number of halogens is 1. The van der Waals surface area contributed by atoms with Crippen LogP contribution in [-0.4, -0.2) is 11.0 Å². The smallest absolute Gasteiger partial charge is 0.106 e. The lowest BCUT2D eigenvalue weighted by Crippen LogP contribution is -2.23. The van der Waals surface area contributed by atoms with E-state index in [1.807, 2.05) is 18.2 Å². The van der Waals surface area contributed by atoms with E-state index in [4.69, 9.17) is 29.6 Å². The Kier molecular flexibility index (Phi) is 5.46. The second-order valence-corrected chi connectivity index (χ2v) is 6.12. The predicted octanol–water partition coefficient (Wildman–Crippen LogP) is 4.50. The fourth-order valence-corrected chi connectivity index (χ4v) is 3.01. The Balaban J connectivity index is 2.10. The predicted molar refractivity (Wildman–Crippen MR) is 87.1 cm³/mol. The van der Waals surface area contributed by atoms with Crippen LogP contribution in [0.3, 0.4) is 0 Å². The fraction of sp³-hybridized carbons (Fsp3) is 0.533. The largest absolute Gasteiger partial charge is 0.389 e. The molecule has 0 unspecified atom stereocenters. The molecule has 1 aliphatic rings. The number of benzene rings is 1. The van der Waals surface area contributed by atoms with Gasteiger partial charge in [-0.15, -0.1) is 0 Å². The normalized spacial score (nSPS) is 17.5. The van der Waals surface area contributed by atoms with Crippen molar-refractivity contribution in [2.45, 2.75) is 51.0 Å². The summed E-state index contributed by atoms with van der Waals surface area (Å²) >= 11 is 11.1. The number of anilines is 1. The average Bonchev–Trinajstić information content (AvgIpc) is 2.34. The molecule has 4 heteroatoms. The molecule has 2 nitrogen and oxygen atoms in total. The molecular formula is C15H21ClN2S. The number of hydrogen-bond donors (Lipinski definition) is 2. The Labute approximate surface area is 125 Å². The van der Waals surface area contributed by atoms with Crippen LogP contribution < -0.4 is 11.1 Å². The van der Waals surface area contributed by atoms with Gasteiger partial charge in [-0.05, 0) is 31.0 Å². The molecule has 1 saturated carbocycles. The van der Waals surface area contributed by atoms with Crippen molar-refractivity contribution in [1.82, 2.24) is 0 Å². The molecule has 0 aliphatic heterocycles. The molecule has 0 heterocycles. The number of nitrogens with one attached hydrogen (secondary N) is 1. The van der Waals surface area contributed by atoms with Crippen LogP contribution in [0.1, 0.15) is 50.5 Å². The minimum atomic E-state index is 0.399. The first-order valence-electron chi connectivity index (χ1n) is 7.02. The fourth-order valence-electron chi connectivity index (χ4n) is 2.67. The van der Waals surface area contributed by atoms with Gasteiger partial charge < -0.3 is 11.1 Å². The van der Waals surface area contributed by atoms with Crippen molar-refractivity contribution >= 4 is 34.5 Å². The van der Waals surface area contributed by atoms with Gasteiger partial charge in [0, 0.05) is 22.3 Å². The summed E-state index contributed by atoms with van der Waals surface area (Å²) in [4.78, 5) is 0.399. The third-order valence-corrected chi connectivity index (χ3v) is 4.17. The number of thiocarbonyl (C=S) groups is 1. The van der Waals surface area contributed by atoms with Crippen molar-refractivity contribution < 1.29 is 0 Å². The monoisotopic (exact) mass is 296 g/mol. The van der Waals surface area contributed by atoms with Gasteiger partial charge in [-0.2, -0.15) is 0 Å². The van der Waals surface area contributed by atoms with Gasteiger partial charge in [0.2, 0.25) is 0 Å². The highest BCUT2D eigenvalue weighted by Crippen LogP contribution is 2.25. The van der Waals surface area contributed by atoms with Crippen molar-refractivity contribution in [3.8, 4) is 0 Å². The third-order valence-electron chi connectivity index (χ3n) is 3.71. The van der Waals surface area contributed by atoms with Crippen LogP contribution in [0.5, 0.6) is 0 Å². The molecule has 1 aromatic carbocycles. The molecule has 0 bridgehead atoms. The SMILES string of the molecule is NC(=S)c1cc(Cl)ccc1NC1CCCCCCC1. The zero-order valence-electron chi connectivity index (χ0n) is 11.1. The minimum absolute atomic E-state index is 0.399. The standard InChI is InChI=1S/C15H21ClN2S/c16-11-8-9-14(13(10-11)15(17)19)18-12-6-4-2-1-3-5-7-12/h8-10,12,18H,1-7H2,(H2,17,19). The van der Waals surface area contributed by atoms with Crippen LogP contribution >= 0.6 is 23.8 Å². The van der Waals surface area contributed by atoms with Crippen LogP contribution in [0.4, 0.5) is 5.69 Å². The molecule has 0 aromatic heterocycles. The van der Waals surface area contributed by atoms with Gasteiger partial charge in [0.15, 0.2) is 0 Å². The summed E-state index contributed by atoms with van der Waals surface area (Å²) in [7, 11) is 0. The molecule has 0 spiro atoms. The molecule has 0 saturated heterocycles. The van der Waals surface area contributed by atoms with Crippen LogP contribution in [0.15, 0.2) is 18.2 Å². The molecule has 3 N–H and O–H groups in total. The second kappa shape index (κ2) is 7.11. The molecule has 104 valence electrons. The zero-order valence-corrected chi connectivity index (χ0v) is 12.7. The van der Waals surface area contributed by atoms with Crippen molar-refractivity contribution in [1.29, 1.82) is 0 Å². The van der Waals surface area contributed by atoms with Crippen molar-refractivity contribution in [3.05, 3.63) is 28.8 Å². The van der Waals surface area contributed by atoms with E-state index in [-0.39, 0.29) is 0 Å². The quantitative estimate of drug-likeness (QED) is 0.807. The number of nitrogens with two attached hydrogens (primary N) is 1. The molecule has 2 rings (SSSR count). The lowest BCUT2D eigenvalue weighted by molar-refractivity contribution is 0.471. The Morgan fingerprint density at radius 1 is 1.16 bits per heavy atom. The molecular weight excluding hydrogens is 276 g/mol. The van der Waals surface area contributed by atoms with Gasteiger partial charge >= 0.3 is 0 Å². The highest BCUT2D eigenvalue weighted by atomic mass is 35.5. The van der Waals surface area contributed by atoms with E-state index >= 15 is 0 Å². The summed E-state index contributed by atoms with van der Waals surface area (Å²) in [6, 6.07) is 6.23. The summed E-state index contributed by atoms with van der Waals surface area (Å²) in [5, 5.41) is 4.27. The third kappa shape index (κ3) is 4.36. The van der Waals surface area contributed by atoms with Gasteiger partial charge in [0.1, 0.15) is 4.99 Å². The van der Waals surface area contributed by atoms with E-state index in [2.05, 4.69) is 5.32 Å². The summed E-state index contributed by atoms with van der Waals surface area (Å²) in [6.45, 7) is 0. The van der Waals surface area contributed by atoms with Gasteiger partial charge in [0.05, 0.1) is 0 Å². The Morgan fingerprint density at radius 3 is 2.42 bits per heavy atom. The van der Waals surface area contributed by atoms with Crippen LogP contribution in [-0.2, 0) is 0 Å². The van der Waals surface area contributed by atoms with E-state index in [0.717, 1.165) is 11.3 Å². The lowest BCUT2D eigenvalue weighted by Gasteiger charge is -2.23. The molecule has 1 aliphatic carbocycles. The first-order chi connectivity index (χ1) is 9.16. The van der Waals surface area contributed by atoms with E-state index in [1.165, 1.54) is 44.9 Å². The number of hydrogen-bond acceptors (Lipinski definition) is 2. The maximum Gasteiger partial charge on any atom is 0.106 e. The van der Waals surface area contributed by atoms with Gasteiger partial charge in [-0.25, -0.2) is 0 Å². The van der Waals surface area contributed by atoms with Gasteiger partial charge in [-0.3, -0.25) is 0 Å². The molecule has 1 fully saturated rings. The van der Waals surface area contributed by atoms with Crippen LogP contribution in [0.25, 0.3) is 0 Å². The topological polar surface area (TPSA) is 38.0 Å². The van der Waals surface area contributed by atoms with Crippen molar-refractivity contribution in [3.63, 3.8) is 0 Å². The van der Waals surface area contributed by atoms with Gasteiger partial charge in [0.25, 0.3) is 0 Å². The summed E-state index contributed by atoms with van der Waals surface area (Å²) in [5.41, 5.74) is 7.64. The molecule has 0 atom stereocenters. The molecule has 1 aromatic rings. The minimum Gasteiger partial charge on any atom is -0.389 e. The van der Waals surface area contributed by atoms with Crippen LogP contribution in [0, 0.1) is 0 Å². The van der Waals surface area contributed by atoms with Crippen molar-refractivity contribution in [2.24, 2.45) is 5.73 Å². The first kappa shape index (κ1) is 14.6. The molecule has 0 radical (unpaired) electrons. The average molecular weight is 297 g/mol. The Morgan fingerprint density at radius 2 is 1.79 bits per heavy atom. The maximum atomic E-state index is 6.01. The Hall–Kier alpha value is -0.800. The second-order valence-electron chi connectivity index (χ2n) is 5.24. The highest BCUT2D eigenvalue weighted by Gasteiger charge is 2.14. The van der Waals surface area contributed by atoms with Crippen molar-refractivity contribution in [2.75, 3.05) is 5.32 Å². The summed E-state index contributed by atoms with van der Waals surface area (Å²) < 4.78 is 0. The summed E-state index contributed by atoms with van der Waals surface area (Å²) in [5.74, 6) is 0. The number of rotatable bonds is 3. The Bertz CT molecular complexity index is 440. The molecule has 0 amide bonds. The maximum absolute atomic E-state index is 6.01. The van der Waals surface area contributed by atoms with E-state index in [9.17, 15) is 0 Å². The van der Waals surface area contributed by atoms with E-state index in [0.29, 0.717) is 16.1 Å². The highest BCUT2D eigenvalue weighted by molar-refractivity contribution is 7.80.